The molecule has 0 aromatic rings. The van der Waals surface area contributed by atoms with E-state index in [1.807, 2.05) is 0 Å². The lowest BCUT2D eigenvalue weighted by Crippen LogP contribution is -2.45. The van der Waals surface area contributed by atoms with Crippen LogP contribution in [0.15, 0.2) is 24.3 Å². The van der Waals surface area contributed by atoms with Gasteiger partial charge < -0.3 is 20.3 Å². The van der Waals surface area contributed by atoms with Gasteiger partial charge in [-0.1, -0.05) is 417 Å². The lowest BCUT2D eigenvalue weighted by molar-refractivity contribution is -0.143. The molecule has 0 spiro atoms. The Morgan fingerprint density at radius 1 is 0.297 bits per heavy atom. The van der Waals surface area contributed by atoms with E-state index in [-0.39, 0.29) is 18.5 Å². The molecular formula is C85H165NO5. The number of esters is 1. The smallest absolute Gasteiger partial charge is 0.305 e. The number of aliphatic hydroxyl groups is 2. The lowest BCUT2D eigenvalue weighted by atomic mass is 10.0. The molecular weight excluding hydrogens is 1110 g/mol. The standard InChI is InChI=1S/C85H165NO5/c1-3-5-7-9-11-13-15-17-19-21-22-42-46-49-53-57-61-65-69-73-77-83(88)82(81-87)86-84(89)78-74-70-66-62-58-54-50-47-43-40-38-36-34-32-30-28-26-24-23-25-27-29-31-33-35-37-39-41-44-48-52-56-60-64-68-72-76-80-91-85(90)79-75-71-67-63-59-55-51-45-20-18-16-14-12-10-8-6-4-2/h18,20,23,25,82-83,87-88H,3-17,19,21-22,24,26-81H2,1-2H3,(H,86,89)/b20-18-,25-23-. The van der Waals surface area contributed by atoms with Crippen molar-refractivity contribution in [3.63, 3.8) is 0 Å². The van der Waals surface area contributed by atoms with Gasteiger partial charge >= 0.3 is 5.97 Å². The van der Waals surface area contributed by atoms with Gasteiger partial charge in [0, 0.05) is 12.8 Å². The molecule has 0 heterocycles. The van der Waals surface area contributed by atoms with Gasteiger partial charge in [0.15, 0.2) is 0 Å². The molecule has 6 nitrogen and oxygen atoms in total. The highest BCUT2D eigenvalue weighted by Crippen LogP contribution is 2.20. The van der Waals surface area contributed by atoms with Gasteiger partial charge in [0.05, 0.1) is 25.4 Å². The summed E-state index contributed by atoms with van der Waals surface area (Å²) in [4.78, 5) is 24.7. The Kier molecular flexibility index (Phi) is 79.3. The number of ether oxygens (including phenoxy) is 1. The Labute approximate surface area is 571 Å². The maximum absolute atomic E-state index is 12.6. The molecule has 0 rings (SSSR count). The van der Waals surface area contributed by atoms with E-state index in [9.17, 15) is 19.8 Å². The molecule has 0 aliphatic heterocycles. The van der Waals surface area contributed by atoms with E-state index in [2.05, 4.69) is 43.5 Å². The molecule has 540 valence electrons. The highest BCUT2D eigenvalue weighted by molar-refractivity contribution is 5.76. The summed E-state index contributed by atoms with van der Waals surface area (Å²) >= 11 is 0. The third-order valence-electron chi connectivity index (χ3n) is 20.0. The summed E-state index contributed by atoms with van der Waals surface area (Å²) in [5, 5.41) is 23.5. The number of carbonyl (C=O) groups is 2. The van der Waals surface area contributed by atoms with Crippen LogP contribution in [0.5, 0.6) is 0 Å². The van der Waals surface area contributed by atoms with Crippen molar-refractivity contribution in [2.75, 3.05) is 13.2 Å². The average molecular weight is 1280 g/mol. The molecule has 2 atom stereocenters. The molecule has 2 unspecified atom stereocenters. The van der Waals surface area contributed by atoms with Gasteiger partial charge in [0.2, 0.25) is 5.91 Å². The minimum absolute atomic E-state index is 0.0192. The molecule has 0 aromatic heterocycles. The Hall–Kier alpha value is -1.66. The van der Waals surface area contributed by atoms with Gasteiger partial charge in [0.25, 0.3) is 0 Å². The van der Waals surface area contributed by atoms with Crippen LogP contribution in [0.2, 0.25) is 0 Å². The molecule has 0 aliphatic rings. The SMILES string of the molecule is CCCCCCCC/C=C\CCCCCCCCCC(=O)OCCCCCCCCCCCCCCCCCC/C=C\CCCCCCCCCCCCCCCCCCCC(=O)NC(CO)C(O)CCCCCCCCCCCCCCCCCCCCCC. The van der Waals surface area contributed by atoms with Gasteiger partial charge in [-0.15, -0.1) is 0 Å². The third-order valence-corrected chi connectivity index (χ3v) is 20.0. The first kappa shape index (κ1) is 89.3. The minimum Gasteiger partial charge on any atom is -0.466 e. The van der Waals surface area contributed by atoms with Gasteiger partial charge in [-0.2, -0.15) is 0 Å². The number of amides is 1. The lowest BCUT2D eigenvalue weighted by Gasteiger charge is -2.22. The maximum Gasteiger partial charge on any atom is 0.305 e. The van der Waals surface area contributed by atoms with Crippen LogP contribution >= 0.6 is 0 Å². The highest BCUT2D eigenvalue weighted by atomic mass is 16.5. The first-order chi connectivity index (χ1) is 45.0. The fourth-order valence-electron chi connectivity index (χ4n) is 13.6. The summed E-state index contributed by atoms with van der Waals surface area (Å²) in [6.45, 7) is 5.01. The quantitative estimate of drug-likeness (QED) is 0.0320. The first-order valence-electron chi connectivity index (χ1n) is 42.1. The topological polar surface area (TPSA) is 95.9 Å². The number of carbonyl (C=O) groups excluding carboxylic acids is 2. The second-order valence-electron chi connectivity index (χ2n) is 29.2. The molecule has 0 saturated heterocycles. The molecule has 0 aliphatic carbocycles. The molecule has 0 saturated carbocycles. The zero-order valence-electron chi connectivity index (χ0n) is 62.1. The minimum atomic E-state index is -0.662. The van der Waals surface area contributed by atoms with Crippen LogP contribution in [0.25, 0.3) is 0 Å². The molecule has 0 bridgehead atoms. The predicted octanol–water partition coefficient (Wildman–Crippen LogP) is 28.0. The van der Waals surface area contributed by atoms with Crippen LogP contribution in [0.3, 0.4) is 0 Å². The molecule has 0 aromatic carbocycles. The van der Waals surface area contributed by atoms with E-state index >= 15 is 0 Å². The number of allylic oxidation sites excluding steroid dienone is 4. The van der Waals surface area contributed by atoms with Gasteiger partial charge in [-0.05, 0) is 77.0 Å². The van der Waals surface area contributed by atoms with Crippen LogP contribution < -0.4 is 5.32 Å². The van der Waals surface area contributed by atoms with Crippen LogP contribution in [-0.2, 0) is 14.3 Å². The van der Waals surface area contributed by atoms with E-state index in [0.29, 0.717) is 25.9 Å². The fourth-order valence-corrected chi connectivity index (χ4v) is 13.6. The molecule has 0 radical (unpaired) electrons. The molecule has 0 fully saturated rings. The van der Waals surface area contributed by atoms with Crippen molar-refractivity contribution < 1.29 is 24.5 Å². The van der Waals surface area contributed by atoms with Gasteiger partial charge in [-0.3, -0.25) is 9.59 Å². The Bertz CT molecular complexity index is 1430. The van der Waals surface area contributed by atoms with Crippen molar-refractivity contribution in [1.82, 2.24) is 5.32 Å². The number of nitrogens with one attached hydrogen (secondary N) is 1. The first-order valence-corrected chi connectivity index (χ1v) is 42.1. The van der Waals surface area contributed by atoms with Gasteiger partial charge in [-0.25, -0.2) is 0 Å². The summed E-state index contributed by atoms with van der Waals surface area (Å²) in [5.74, 6) is -0.00636. The number of aliphatic hydroxyl groups excluding tert-OH is 2. The zero-order valence-corrected chi connectivity index (χ0v) is 62.1. The fraction of sp³-hybridized carbons (Fsp3) is 0.929. The predicted molar refractivity (Wildman–Crippen MR) is 403 cm³/mol. The second-order valence-corrected chi connectivity index (χ2v) is 29.2. The van der Waals surface area contributed by atoms with E-state index in [4.69, 9.17) is 4.74 Å². The van der Waals surface area contributed by atoms with Crippen LogP contribution in [0, 0.1) is 0 Å². The number of rotatable bonds is 80. The van der Waals surface area contributed by atoms with Crippen molar-refractivity contribution >= 4 is 11.9 Å². The summed E-state index contributed by atoms with van der Waals surface area (Å²) < 4.78 is 5.51. The van der Waals surface area contributed by atoms with E-state index < -0.39 is 12.1 Å². The largest absolute Gasteiger partial charge is 0.466 e. The van der Waals surface area contributed by atoms with Crippen molar-refractivity contribution in [1.29, 1.82) is 0 Å². The molecule has 3 N–H and O–H groups in total. The second kappa shape index (κ2) is 80.8. The van der Waals surface area contributed by atoms with E-state index in [0.717, 1.165) is 38.5 Å². The number of unbranched alkanes of at least 4 members (excludes halogenated alkanes) is 65. The van der Waals surface area contributed by atoms with Crippen molar-refractivity contribution in [2.24, 2.45) is 0 Å². The van der Waals surface area contributed by atoms with E-state index in [1.54, 1.807) is 0 Å². The Morgan fingerprint density at radius 3 is 0.780 bits per heavy atom. The summed E-state index contributed by atoms with van der Waals surface area (Å²) in [7, 11) is 0. The normalized spacial score (nSPS) is 12.5. The van der Waals surface area contributed by atoms with Crippen LogP contribution in [0.1, 0.15) is 483 Å². The molecule has 6 heteroatoms. The third kappa shape index (κ3) is 77.2. The Balaban J connectivity index is 3.32. The highest BCUT2D eigenvalue weighted by Gasteiger charge is 2.20. The van der Waals surface area contributed by atoms with Crippen LogP contribution in [-0.4, -0.2) is 47.4 Å². The number of hydrogen-bond donors (Lipinski definition) is 3. The monoisotopic (exact) mass is 1280 g/mol. The van der Waals surface area contributed by atoms with E-state index in [1.165, 1.54) is 411 Å². The zero-order chi connectivity index (χ0) is 65.6. The average Bonchev–Trinajstić information content (AvgIpc) is 3.65. The van der Waals surface area contributed by atoms with Crippen molar-refractivity contribution in [3.05, 3.63) is 24.3 Å². The maximum atomic E-state index is 12.6. The number of hydrogen-bond acceptors (Lipinski definition) is 5. The Morgan fingerprint density at radius 2 is 0.516 bits per heavy atom. The summed E-state index contributed by atoms with van der Waals surface area (Å²) in [5.41, 5.74) is 0. The van der Waals surface area contributed by atoms with Crippen molar-refractivity contribution in [3.8, 4) is 0 Å². The summed E-state index contributed by atoms with van der Waals surface area (Å²) in [6.07, 6.45) is 104. The molecule has 91 heavy (non-hydrogen) atoms. The van der Waals surface area contributed by atoms with Gasteiger partial charge in [0.1, 0.15) is 0 Å². The van der Waals surface area contributed by atoms with Crippen molar-refractivity contribution in [2.45, 2.75) is 495 Å². The summed E-state index contributed by atoms with van der Waals surface area (Å²) in [6, 6.07) is -0.539. The molecule has 1 amide bonds. The van der Waals surface area contributed by atoms with Crippen LogP contribution in [0.4, 0.5) is 0 Å².